The molecule has 0 saturated carbocycles. The zero-order chi connectivity index (χ0) is 13.4. The van der Waals surface area contributed by atoms with Crippen molar-refractivity contribution in [1.29, 1.82) is 0 Å². The number of nitrogens with zero attached hydrogens (tertiary/aromatic N) is 1. The lowest BCUT2D eigenvalue weighted by molar-refractivity contribution is -0.138. The molecule has 2 heterocycles. The molecule has 4 heteroatoms. The highest BCUT2D eigenvalue weighted by Crippen LogP contribution is 2.35. The van der Waals surface area contributed by atoms with E-state index in [0.717, 1.165) is 32.5 Å². The van der Waals surface area contributed by atoms with Gasteiger partial charge in [0.1, 0.15) is 0 Å². The first-order chi connectivity index (χ1) is 9.16. The average molecular weight is 295 g/mol. The predicted molar refractivity (Wildman–Crippen MR) is 83.2 cm³/mol. The zero-order valence-electron chi connectivity index (χ0n) is 12.2. The van der Waals surface area contributed by atoms with Crippen molar-refractivity contribution in [2.45, 2.75) is 32.7 Å². The van der Waals surface area contributed by atoms with Crippen LogP contribution in [0.2, 0.25) is 0 Å². The number of halogens is 1. The van der Waals surface area contributed by atoms with Crippen molar-refractivity contribution in [3.05, 3.63) is 34.9 Å². The van der Waals surface area contributed by atoms with Gasteiger partial charge < -0.3 is 10.2 Å². The van der Waals surface area contributed by atoms with E-state index < -0.39 is 0 Å². The van der Waals surface area contributed by atoms with E-state index in [9.17, 15) is 4.79 Å². The summed E-state index contributed by atoms with van der Waals surface area (Å²) < 4.78 is 0. The third kappa shape index (κ3) is 2.70. The second kappa shape index (κ2) is 6.15. The third-order valence-electron chi connectivity index (χ3n) is 4.46. The summed E-state index contributed by atoms with van der Waals surface area (Å²) >= 11 is 0. The first-order valence-corrected chi connectivity index (χ1v) is 7.25. The minimum absolute atomic E-state index is 0. The number of benzene rings is 1. The van der Waals surface area contributed by atoms with Gasteiger partial charge in [-0.25, -0.2) is 0 Å². The SMILES string of the molecule is Cc1ccc(C)c(C2CCCN2C(=O)C2CNC2)c1.Cl. The summed E-state index contributed by atoms with van der Waals surface area (Å²) in [5.41, 5.74) is 3.94. The standard InChI is InChI=1S/C16H22N2O.ClH/c1-11-5-6-12(2)14(8-11)15-4-3-7-18(15)16(19)13-9-17-10-13;/h5-6,8,13,15,17H,3-4,7,9-10H2,1-2H3;1H. The van der Waals surface area contributed by atoms with Gasteiger partial charge in [-0.1, -0.05) is 23.8 Å². The Labute approximate surface area is 127 Å². The number of amides is 1. The maximum absolute atomic E-state index is 12.5. The molecule has 0 bridgehead atoms. The highest BCUT2D eigenvalue weighted by atomic mass is 35.5. The molecule has 3 rings (SSSR count). The average Bonchev–Trinajstić information content (AvgIpc) is 2.78. The second-order valence-electron chi connectivity index (χ2n) is 5.90. The van der Waals surface area contributed by atoms with E-state index in [1.54, 1.807) is 0 Å². The molecule has 2 saturated heterocycles. The Morgan fingerprint density at radius 1 is 1.30 bits per heavy atom. The molecule has 1 unspecified atom stereocenters. The second-order valence-corrected chi connectivity index (χ2v) is 5.90. The van der Waals surface area contributed by atoms with E-state index in [4.69, 9.17) is 0 Å². The fourth-order valence-corrected chi connectivity index (χ4v) is 3.17. The molecule has 0 spiro atoms. The Bertz CT molecular complexity index is 499. The summed E-state index contributed by atoms with van der Waals surface area (Å²) in [6.45, 7) is 6.91. The first kappa shape index (κ1) is 15.3. The predicted octanol–water partition coefficient (Wildman–Crippen LogP) is 2.61. The number of hydrogen-bond acceptors (Lipinski definition) is 2. The van der Waals surface area contributed by atoms with E-state index in [1.807, 2.05) is 0 Å². The minimum Gasteiger partial charge on any atom is -0.335 e. The Balaban J connectivity index is 0.00000147. The van der Waals surface area contributed by atoms with Gasteiger partial charge in [0.15, 0.2) is 0 Å². The number of nitrogens with one attached hydrogen (secondary N) is 1. The Morgan fingerprint density at radius 2 is 2.05 bits per heavy atom. The fraction of sp³-hybridized carbons (Fsp3) is 0.562. The van der Waals surface area contributed by atoms with Crippen LogP contribution in [-0.2, 0) is 4.79 Å². The van der Waals surface area contributed by atoms with Crippen LogP contribution >= 0.6 is 12.4 Å². The molecule has 110 valence electrons. The highest BCUT2D eigenvalue weighted by molar-refractivity contribution is 5.85. The van der Waals surface area contributed by atoms with Crippen molar-refractivity contribution in [2.75, 3.05) is 19.6 Å². The summed E-state index contributed by atoms with van der Waals surface area (Å²) in [6, 6.07) is 6.88. The van der Waals surface area contributed by atoms with E-state index in [2.05, 4.69) is 42.3 Å². The van der Waals surface area contributed by atoms with Gasteiger partial charge >= 0.3 is 0 Å². The molecule has 2 fully saturated rings. The lowest BCUT2D eigenvalue weighted by Gasteiger charge is -2.34. The molecule has 20 heavy (non-hydrogen) atoms. The number of aryl methyl sites for hydroxylation is 2. The molecule has 1 aromatic rings. The summed E-state index contributed by atoms with van der Waals surface area (Å²) in [5, 5.41) is 3.19. The van der Waals surface area contributed by atoms with Crippen molar-refractivity contribution in [3.8, 4) is 0 Å². The van der Waals surface area contributed by atoms with Crippen LogP contribution in [-0.4, -0.2) is 30.4 Å². The van der Waals surface area contributed by atoms with Gasteiger partial charge in [0, 0.05) is 19.6 Å². The van der Waals surface area contributed by atoms with E-state index in [0.29, 0.717) is 11.9 Å². The zero-order valence-corrected chi connectivity index (χ0v) is 13.0. The van der Waals surface area contributed by atoms with E-state index >= 15 is 0 Å². The van der Waals surface area contributed by atoms with Crippen molar-refractivity contribution < 1.29 is 4.79 Å². The molecule has 0 radical (unpaired) electrons. The van der Waals surface area contributed by atoms with Gasteiger partial charge in [-0.05, 0) is 37.8 Å². The summed E-state index contributed by atoms with van der Waals surface area (Å²) in [6.07, 6.45) is 2.24. The van der Waals surface area contributed by atoms with E-state index in [-0.39, 0.29) is 18.3 Å². The van der Waals surface area contributed by atoms with Crippen LogP contribution in [0, 0.1) is 19.8 Å². The lowest BCUT2D eigenvalue weighted by atomic mass is 9.95. The minimum atomic E-state index is 0. The Kier molecular flexibility index (Phi) is 4.71. The number of hydrogen-bond donors (Lipinski definition) is 1. The molecule has 1 N–H and O–H groups in total. The molecule has 0 aromatic heterocycles. The fourth-order valence-electron chi connectivity index (χ4n) is 3.17. The molecule has 2 aliphatic rings. The molecule has 1 atom stereocenters. The largest absolute Gasteiger partial charge is 0.335 e. The van der Waals surface area contributed by atoms with Crippen LogP contribution in [0.15, 0.2) is 18.2 Å². The van der Waals surface area contributed by atoms with Gasteiger partial charge in [-0.15, -0.1) is 12.4 Å². The summed E-state index contributed by atoms with van der Waals surface area (Å²) in [7, 11) is 0. The highest BCUT2D eigenvalue weighted by Gasteiger charge is 2.36. The third-order valence-corrected chi connectivity index (χ3v) is 4.46. The van der Waals surface area contributed by atoms with E-state index in [1.165, 1.54) is 16.7 Å². The molecule has 2 aliphatic heterocycles. The van der Waals surface area contributed by atoms with Gasteiger partial charge in [0.05, 0.1) is 12.0 Å². The van der Waals surface area contributed by atoms with Gasteiger partial charge in [0.25, 0.3) is 0 Å². The summed E-state index contributed by atoms with van der Waals surface area (Å²) in [4.78, 5) is 14.6. The van der Waals surface area contributed by atoms with Crippen LogP contribution in [0.1, 0.15) is 35.6 Å². The van der Waals surface area contributed by atoms with Crippen LogP contribution in [0.25, 0.3) is 0 Å². The normalized spacial score (nSPS) is 22.3. The van der Waals surface area contributed by atoms with Gasteiger partial charge in [0.2, 0.25) is 5.91 Å². The van der Waals surface area contributed by atoms with Crippen LogP contribution in [0.5, 0.6) is 0 Å². The Hall–Kier alpha value is -1.06. The molecule has 1 amide bonds. The number of carbonyl (C=O) groups is 1. The maximum Gasteiger partial charge on any atom is 0.228 e. The van der Waals surface area contributed by atoms with Crippen molar-refractivity contribution in [1.82, 2.24) is 10.2 Å². The first-order valence-electron chi connectivity index (χ1n) is 7.25. The summed E-state index contributed by atoms with van der Waals surface area (Å²) in [5.74, 6) is 0.563. The lowest BCUT2D eigenvalue weighted by Crippen LogP contribution is -2.51. The Morgan fingerprint density at radius 3 is 2.70 bits per heavy atom. The van der Waals surface area contributed by atoms with Crippen LogP contribution < -0.4 is 5.32 Å². The molecule has 0 aliphatic carbocycles. The molecule has 1 aromatic carbocycles. The number of likely N-dealkylation sites (tertiary alicyclic amines) is 1. The van der Waals surface area contributed by atoms with Crippen LogP contribution in [0.4, 0.5) is 0 Å². The quantitative estimate of drug-likeness (QED) is 0.909. The number of rotatable bonds is 2. The molecular weight excluding hydrogens is 272 g/mol. The smallest absolute Gasteiger partial charge is 0.228 e. The number of carbonyl (C=O) groups excluding carboxylic acids is 1. The van der Waals surface area contributed by atoms with Crippen molar-refractivity contribution >= 4 is 18.3 Å². The monoisotopic (exact) mass is 294 g/mol. The molecule has 3 nitrogen and oxygen atoms in total. The van der Waals surface area contributed by atoms with Crippen LogP contribution in [0.3, 0.4) is 0 Å². The van der Waals surface area contributed by atoms with Crippen molar-refractivity contribution in [3.63, 3.8) is 0 Å². The maximum atomic E-state index is 12.5. The topological polar surface area (TPSA) is 32.3 Å². The molecular formula is C16H23ClN2O. The van der Waals surface area contributed by atoms with Gasteiger partial charge in [-0.3, -0.25) is 4.79 Å². The van der Waals surface area contributed by atoms with Crippen molar-refractivity contribution in [2.24, 2.45) is 5.92 Å². The van der Waals surface area contributed by atoms with Gasteiger partial charge in [-0.2, -0.15) is 0 Å².